The zero-order valence-electron chi connectivity index (χ0n) is 10.4. The molecule has 0 spiro atoms. The Morgan fingerprint density at radius 2 is 1.75 bits per heavy atom. The van der Waals surface area contributed by atoms with E-state index < -0.39 is 11.7 Å². The van der Waals surface area contributed by atoms with E-state index in [0.29, 0.717) is 16.8 Å². The van der Waals surface area contributed by atoms with E-state index in [1.165, 1.54) is 12.1 Å². The minimum Gasteiger partial charge on any atom is -0.418 e. The Morgan fingerprint density at radius 3 is 2.35 bits per heavy atom. The lowest BCUT2D eigenvalue weighted by atomic mass is 10.1. The summed E-state index contributed by atoms with van der Waals surface area (Å²) < 4.78 is 42.9. The number of oxazole rings is 1. The largest absolute Gasteiger partial charge is 0.418 e. The van der Waals surface area contributed by atoms with Gasteiger partial charge in [-0.05, 0) is 42.8 Å². The van der Waals surface area contributed by atoms with Crippen molar-refractivity contribution in [2.75, 3.05) is 0 Å². The normalized spacial score (nSPS) is 12.0. The molecule has 0 saturated carbocycles. The smallest absolute Gasteiger partial charge is 0.416 e. The maximum absolute atomic E-state index is 12.5. The first-order chi connectivity index (χ1) is 9.45. The molecule has 0 aliphatic carbocycles. The molecule has 2 aromatic heterocycles. The van der Waals surface area contributed by atoms with Crippen LogP contribution in [0.2, 0.25) is 0 Å². The molecule has 0 saturated heterocycles. The Hall–Kier alpha value is -2.37. The van der Waals surface area contributed by atoms with Crippen LogP contribution in [0.4, 0.5) is 13.2 Å². The van der Waals surface area contributed by atoms with Crippen LogP contribution in [-0.2, 0) is 6.18 Å². The van der Waals surface area contributed by atoms with Gasteiger partial charge in [-0.2, -0.15) is 13.2 Å². The van der Waals surface area contributed by atoms with Crippen LogP contribution in [0.5, 0.6) is 0 Å². The third-order valence-corrected chi connectivity index (χ3v) is 2.96. The first-order valence-corrected chi connectivity index (χ1v) is 5.85. The van der Waals surface area contributed by atoms with Gasteiger partial charge in [0.2, 0.25) is 11.6 Å². The molecule has 102 valence electrons. The molecule has 0 fully saturated rings. The molecule has 3 rings (SSSR count). The second kappa shape index (κ2) is 4.33. The summed E-state index contributed by atoms with van der Waals surface area (Å²) in [7, 11) is 0. The number of aryl methyl sites for hydroxylation is 1. The SMILES string of the molecule is Cc1ccnc2oc(-c3ccc(C(F)(F)F)cc3)nc12. The number of rotatable bonds is 1. The van der Waals surface area contributed by atoms with Gasteiger partial charge < -0.3 is 4.42 Å². The van der Waals surface area contributed by atoms with E-state index in [1.54, 1.807) is 12.3 Å². The fourth-order valence-electron chi connectivity index (χ4n) is 1.88. The third-order valence-electron chi connectivity index (χ3n) is 2.96. The molecule has 0 aliphatic heterocycles. The Balaban J connectivity index is 2.05. The molecule has 6 heteroatoms. The standard InChI is InChI=1S/C14H9F3N2O/c1-8-6-7-18-13-11(8)19-12(20-13)9-2-4-10(5-3-9)14(15,16)17/h2-7H,1H3. The second-order valence-corrected chi connectivity index (χ2v) is 4.38. The van der Waals surface area contributed by atoms with Gasteiger partial charge in [0.05, 0.1) is 5.56 Å². The highest BCUT2D eigenvalue weighted by Crippen LogP contribution is 2.31. The number of hydrogen-bond donors (Lipinski definition) is 0. The number of halogens is 3. The van der Waals surface area contributed by atoms with E-state index in [-0.39, 0.29) is 5.89 Å². The van der Waals surface area contributed by atoms with E-state index in [9.17, 15) is 13.2 Å². The lowest BCUT2D eigenvalue weighted by Crippen LogP contribution is -2.03. The maximum atomic E-state index is 12.5. The molecule has 0 unspecified atom stereocenters. The summed E-state index contributed by atoms with van der Waals surface area (Å²) in [5.74, 6) is 0.260. The van der Waals surface area contributed by atoms with Crippen LogP contribution >= 0.6 is 0 Å². The zero-order valence-corrected chi connectivity index (χ0v) is 10.4. The van der Waals surface area contributed by atoms with E-state index >= 15 is 0 Å². The van der Waals surface area contributed by atoms with Gasteiger partial charge in [0.25, 0.3) is 0 Å². The summed E-state index contributed by atoms with van der Waals surface area (Å²) in [6.07, 6.45) is -2.75. The summed E-state index contributed by atoms with van der Waals surface area (Å²) in [5, 5.41) is 0. The van der Waals surface area contributed by atoms with Crippen molar-refractivity contribution in [3.8, 4) is 11.5 Å². The average molecular weight is 278 g/mol. The van der Waals surface area contributed by atoms with Crippen molar-refractivity contribution >= 4 is 11.2 Å². The molecule has 2 heterocycles. The Kier molecular flexibility index (Phi) is 2.74. The first-order valence-electron chi connectivity index (χ1n) is 5.85. The van der Waals surface area contributed by atoms with E-state index in [4.69, 9.17) is 4.42 Å². The summed E-state index contributed by atoms with van der Waals surface area (Å²) >= 11 is 0. The van der Waals surface area contributed by atoms with Gasteiger partial charge in [-0.15, -0.1) is 0 Å². The topological polar surface area (TPSA) is 38.9 Å². The van der Waals surface area contributed by atoms with Crippen LogP contribution in [0.3, 0.4) is 0 Å². The molecule has 3 aromatic rings. The quantitative estimate of drug-likeness (QED) is 0.669. The van der Waals surface area contributed by atoms with Crippen LogP contribution in [0.15, 0.2) is 40.9 Å². The van der Waals surface area contributed by atoms with Crippen molar-refractivity contribution < 1.29 is 17.6 Å². The van der Waals surface area contributed by atoms with Gasteiger partial charge in [0.1, 0.15) is 5.52 Å². The van der Waals surface area contributed by atoms with Crippen molar-refractivity contribution in [1.82, 2.24) is 9.97 Å². The van der Waals surface area contributed by atoms with Crippen LogP contribution in [0.1, 0.15) is 11.1 Å². The molecule has 1 aromatic carbocycles. The molecule has 0 bridgehead atoms. The number of benzene rings is 1. The lowest BCUT2D eigenvalue weighted by Gasteiger charge is -2.05. The second-order valence-electron chi connectivity index (χ2n) is 4.38. The van der Waals surface area contributed by atoms with Crippen molar-refractivity contribution in [2.24, 2.45) is 0 Å². The number of nitrogens with zero attached hydrogens (tertiary/aromatic N) is 2. The number of hydrogen-bond acceptors (Lipinski definition) is 3. The number of pyridine rings is 1. The van der Waals surface area contributed by atoms with Crippen LogP contribution < -0.4 is 0 Å². The fourth-order valence-corrected chi connectivity index (χ4v) is 1.88. The number of alkyl halides is 3. The summed E-state index contributed by atoms with van der Waals surface area (Å²) in [6, 6.07) is 6.47. The molecule has 3 nitrogen and oxygen atoms in total. The van der Waals surface area contributed by atoms with Crippen molar-refractivity contribution in [1.29, 1.82) is 0 Å². The molecular weight excluding hydrogens is 269 g/mol. The van der Waals surface area contributed by atoms with Gasteiger partial charge in [0.15, 0.2) is 0 Å². The molecule has 0 aliphatic rings. The van der Waals surface area contributed by atoms with E-state index in [0.717, 1.165) is 17.7 Å². The average Bonchev–Trinajstić information content (AvgIpc) is 2.83. The van der Waals surface area contributed by atoms with Crippen molar-refractivity contribution in [3.05, 3.63) is 47.7 Å². The Labute approximate surface area is 112 Å². The molecule has 0 N–H and O–H groups in total. The highest BCUT2D eigenvalue weighted by atomic mass is 19.4. The van der Waals surface area contributed by atoms with Crippen LogP contribution in [0, 0.1) is 6.92 Å². The zero-order chi connectivity index (χ0) is 14.3. The third kappa shape index (κ3) is 2.13. The minimum atomic E-state index is -4.35. The Morgan fingerprint density at radius 1 is 1.05 bits per heavy atom. The highest BCUT2D eigenvalue weighted by molar-refractivity contribution is 5.75. The molecule has 0 radical (unpaired) electrons. The fraction of sp³-hybridized carbons (Fsp3) is 0.143. The molecule has 0 amide bonds. The summed E-state index contributed by atoms with van der Waals surface area (Å²) in [6.45, 7) is 1.86. The monoisotopic (exact) mass is 278 g/mol. The van der Waals surface area contributed by atoms with Gasteiger partial charge >= 0.3 is 6.18 Å². The van der Waals surface area contributed by atoms with Crippen molar-refractivity contribution in [2.45, 2.75) is 13.1 Å². The van der Waals surface area contributed by atoms with E-state index in [1.807, 2.05) is 6.92 Å². The van der Waals surface area contributed by atoms with Crippen molar-refractivity contribution in [3.63, 3.8) is 0 Å². The molecule has 0 atom stereocenters. The summed E-state index contributed by atoms with van der Waals surface area (Å²) in [5.41, 5.74) is 1.67. The van der Waals surface area contributed by atoms with Gasteiger partial charge in [-0.1, -0.05) is 0 Å². The lowest BCUT2D eigenvalue weighted by molar-refractivity contribution is -0.137. The molecule has 20 heavy (non-hydrogen) atoms. The van der Waals surface area contributed by atoms with Crippen LogP contribution in [0.25, 0.3) is 22.7 Å². The van der Waals surface area contributed by atoms with Crippen LogP contribution in [-0.4, -0.2) is 9.97 Å². The van der Waals surface area contributed by atoms with E-state index in [2.05, 4.69) is 9.97 Å². The Bertz CT molecular complexity index is 760. The maximum Gasteiger partial charge on any atom is 0.416 e. The summed E-state index contributed by atoms with van der Waals surface area (Å²) in [4.78, 5) is 8.30. The van der Waals surface area contributed by atoms with Gasteiger partial charge in [0, 0.05) is 11.8 Å². The highest BCUT2D eigenvalue weighted by Gasteiger charge is 2.30. The van der Waals surface area contributed by atoms with Gasteiger partial charge in [-0.3, -0.25) is 0 Å². The van der Waals surface area contributed by atoms with Gasteiger partial charge in [-0.25, -0.2) is 9.97 Å². The predicted molar refractivity (Wildman–Crippen MR) is 67.0 cm³/mol. The minimum absolute atomic E-state index is 0.260. The number of aromatic nitrogens is 2. The molecular formula is C14H9F3N2O. The first kappa shape index (κ1) is 12.7. The predicted octanol–water partition coefficient (Wildman–Crippen LogP) is 4.22. The number of fused-ring (bicyclic) bond motifs is 1.